The van der Waals surface area contributed by atoms with E-state index >= 15 is 0 Å². The van der Waals surface area contributed by atoms with Crippen LogP contribution < -0.4 is 10.1 Å². The molecule has 5 nitrogen and oxygen atoms in total. The number of para-hydroxylation sites is 1. The average molecular weight is 376 g/mol. The van der Waals surface area contributed by atoms with Crippen molar-refractivity contribution in [3.8, 4) is 5.75 Å². The van der Waals surface area contributed by atoms with Crippen molar-refractivity contribution in [3.05, 3.63) is 45.9 Å². The van der Waals surface area contributed by atoms with Crippen molar-refractivity contribution >= 4 is 17.4 Å². The Morgan fingerprint density at radius 2 is 2.04 bits per heavy atom. The Bertz CT molecular complexity index is 715. The molecule has 2 amide bonds. The minimum atomic E-state index is -0.0416. The highest BCUT2D eigenvalue weighted by Gasteiger charge is 2.21. The number of benzene rings is 1. The fourth-order valence-corrected chi connectivity index (χ4v) is 3.19. The second-order valence-electron chi connectivity index (χ2n) is 6.78. The zero-order valence-corrected chi connectivity index (χ0v) is 17.1. The zero-order chi connectivity index (χ0) is 19.1. The number of hydrogen-bond donors (Lipinski definition) is 1. The molecule has 0 aliphatic carbocycles. The zero-order valence-electron chi connectivity index (χ0n) is 16.3. The first kappa shape index (κ1) is 20.2. The van der Waals surface area contributed by atoms with Crippen molar-refractivity contribution < 1.29 is 9.53 Å². The summed E-state index contributed by atoms with van der Waals surface area (Å²) in [5, 5.41) is 5.90. The van der Waals surface area contributed by atoms with Gasteiger partial charge in [0.25, 0.3) is 0 Å². The van der Waals surface area contributed by atoms with Crippen LogP contribution in [0.4, 0.5) is 4.79 Å². The highest BCUT2D eigenvalue weighted by Crippen LogP contribution is 2.20. The van der Waals surface area contributed by atoms with Crippen LogP contribution in [-0.4, -0.2) is 28.0 Å². The van der Waals surface area contributed by atoms with Gasteiger partial charge in [-0.25, -0.2) is 9.78 Å². The molecule has 0 unspecified atom stereocenters. The summed E-state index contributed by atoms with van der Waals surface area (Å²) in [5.74, 6) is 0.877. The van der Waals surface area contributed by atoms with Crippen LogP contribution in [0.1, 0.15) is 50.4 Å². The van der Waals surface area contributed by atoms with Gasteiger partial charge in [0.15, 0.2) is 0 Å². The van der Waals surface area contributed by atoms with E-state index in [9.17, 15) is 4.79 Å². The Morgan fingerprint density at radius 3 is 2.69 bits per heavy atom. The van der Waals surface area contributed by atoms with Crippen LogP contribution >= 0.6 is 11.3 Å². The van der Waals surface area contributed by atoms with E-state index in [2.05, 4.69) is 24.1 Å². The molecule has 0 saturated heterocycles. The lowest BCUT2D eigenvalue weighted by atomic mass is 10.2. The molecule has 1 N–H and O–H groups in total. The summed E-state index contributed by atoms with van der Waals surface area (Å²) in [4.78, 5) is 19.0. The highest BCUT2D eigenvalue weighted by molar-refractivity contribution is 7.09. The van der Waals surface area contributed by atoms with E-state index in [0.29, 0.717) is 13.2 Å². The summed E-state index contributed by atoms with van der Waals surface area (Å²) < 4.78 is 5.86. The van der Waals surface area contributed by atoms with Gasteiger partial charge in [-0.3, -0.25) is 0 Å². The molecule has 0 aliphatic rings. The number of nitrogens with one attached hydrogen (secondary N) is 1. The minimum Gasteiger partial charge on any atom is -0.486 e. The molecule has 2 aromatic rings. The molecular formula is C20H29N3O2S. The van der Waals surface area contributed by atoms with Crippen LogP contribution in [0.5, 0.6) is 5.75 Å². The second kappa shape index (κ2) is 9.57. The lowest BCUT2D eigenvalue weighted by Crippen LogP contribution is -2.46. The molecule has 142 valence electrons. The summed E-state index contributed by atoms with van der Waals surface area (Å²) in [6, 6.07) is 8.18. The molecule has 0 fully saturated rings. The number of aromatic nitrogens is 1. The number of thiazole rings is 1. The third-order valence-electron chi connectivity index (χ3n) is 4.17. The predicted molar refractivity (Wildman–Crippen MR) is 107 cm³/mol. The lowest BCUT2D eigenvalue weighted by molar-refractivity contribution is 0.170. The summed E-state index contributed by atoms with van der Waals surface area (Å²) in [6.07, 6.45) is 0.902. The van der Waals surface area contributed by atoms with Gasteiger partial charge in [-0.15, -0.1) is 11.3 Å². The van der Waals surface area contributed by atoms with Crippen molar-refractivity contribution in [2.75, 3.05) is 0 Å². The number of aryl methyl sites for hydroxylation is 1. The van der Waals surface area contributed by atoms with Crippen LogP contribution in [0.2, 0.25) is 0 Å². The number of carbonyl (C=O) groups is 1. The average Bonchev–Trinajstić information content (AvgIpc) is 3.05. The molecule has 1 aromatic carbocycles. The molecule has 26 heavy (non-hydrogen) atoms. The molecule has 1 atom stereocenters. The highest BCUT2D eigenvalue weighted by atomic mass is 32.1. The quantitative estimate of drug-likeness (QED) is 0.724. The minimum absolute atomic E-state index is 0.0416. The van der Waals surface area contributed by atoms with Gasteiger partial charge in [0.2, 0.25) is 0 Å². The molecule has 0 bridgehead atoms. The van der Waals surface area contributed by atoms with Gasteiger partial charge in [0.05, 0.1) is 12.2 Å². The first-order chi connectivity index (χ1) is 12.4. The number of urea groups is 1. The van der Waals surface area contributed by atoms with Gasteiger partial charge < -0.3 is 15.0 Å². The Hall–Kier alpha value is -2.08. The molecule has 1 aromatic heterocycles. The summed E-state index contributed by atoms with van der Waals surface area (Å²) >= 11 is 1.57. The first-order valence-corrected chi connectivity index (χ1v) is 9.97. The third kappa shape index (κ3) is 5.73. The first-order valence-electron chi connectivity index (χ1n) is 9.09. The maximum Gasteiger partial charge on any atom is 0.318 e. The van der Waals surface area contributed by atoms with Crippen molar-refractivity contribution in [3.63, 3.8) is 0 Å². The Kier molecular flexibility index (Phi) is 7.45. The second-order valence-corrected chi connectivity index (χ2v) is 7.72. The topological polar surface area (TPSA) is 54.5 Å². The maximum absolute atomic E-state index is 12.5. The van der Waals surface area contributed by atoms with E-state index in [1.807, 2.05) is 55.3 Å². The monoisotopic (exact) mass is 375 g/mol. The molecule has 0 radical (unpaired) electrons. The standard InChI is InChI=1S/C20H29N3O2S/c1-6-16(5)23(20(24)21-14(2)3)11-17-13-26-19(22-17)12-25-18-10-8-7-9-15(18)4/h7-10,13-14,16H,6,11-12H2,1-5H3,(H,21,24)/t16-/m1/s1. The third-order valence-corrected chi connectivity index (χ3v) is 5.04. The molecule has 0 saturated carbocycles. The van der Waals surface area contributed by atoms with Crippen LogP contribution in [0.3, 0.4) is 0 Å². The Labute approximate surface area is 160 Å². The van der Waals surface area contributed by atoms with Crippen LogP contribution in [-0.2, 0) is 13.2 Å². The van der Waals surface area contributed by atoms with Crippen molar-refractivity contribution in [2.45, 2.75) is 66.3 Å². The van der Waals surface area contributed by atoms with Gasteiger partial charge in [0, 0.05) is 17.5 Å². The summed E-state index contributed by atoms with van der Waals surface area (Å²) in [6.45, 7) is 11.1. The summed E-state index contributed by atoms with van der Waals surface area (Å²) in [5.41, 5.74) is 2.01. The number of ether oxygens (including phenoxy) is 1. The number of nitrogens with zero attached hydrogens (tertiary/aromatic N) is 2. The maximum atomic E-state index is 12.5. The van der Waals surface area contributed by atoms with Gasteiger partial charge in [-0.2, -0.15) is 0 Å². The van der Waals surface area contributed by atoms with E-state index in [-0.39, 0.29) is 18.1 Å². The normalized spacial score (nSPS) is 12.1. The van der Waals surface area contributed by atoms with Gasteiger partial charge >= 0.3 is 6.03 Å². The largest absolute Gasteiger partial charge is 0.486 e. The van der Waals surface area contributed by atoms with Gasteiger partial charge in [-0.05, 0) is 45.7 Å². The van der Waals surface area contributed by atoms with Crippen LogP contribution in [0.15, 0.2) is 29.6 Å². The summed E-state index contributed by atoms with van der Waals surface area (Å²) in [7, 11) is 0. The van der Waals surface area contributed by atoms with E-state index in [1.54, 1.807) is 11.3 Å². The number of rotatable bonds is 8. The molecule has 1 heterocycles. The number of amides is 2. The lowest BCUT2D eigenvalue weighted by Gasteiger charge is -2.29. The Morgan fingerprint density at radius 1 is 1.31 bits per heavy atom. The molecule has 0 spiro atoms. The van der Waals surface area contributed by atoms with E-state index < -0.39 is 0 Å². The van der Waals surface area contributed by atoms with E-state index in [1.165, 1.54) is 0 Å². The van der Waals surface area contributed by atoms with E-state index in [0.717, 1.165) is 28.4 Å². The van der Waals surface area contributed by atoms with Crippen molar-refractivity contribution in [2.24, 2.45) is 0 Å². The number of hydrogen-bond acceptors (Lipinski definition) is 4. The van der Waals surface area contributed by atoms with Crippen molar-refractivity contribution in [1.29, 1.82) is 0 Å². The SMILES string of the molecule is CC[C@@H](C)N(Cc1csc(COc2ccccc2C)n1)C(=O)NC(C)C. The smallest absolute Gasteiger partial charge is 0.318 e. The number of carbonyl (C=O) groups excluding carboxylic acids is 1. The van der Waals surface area contributed by atoms with Gasteiger partial charge in [0.1, 0.15) is 17.4 Å². The van der Waals surface area contributed by atoms with E-state index in [4.69, 9.17) is 4.74 Å². The fraction of sp³-hybridized carbons (Fsp3) is 0.500. The molecule has 2 rings (SSSR count). The van der Waals surface area contributed by atoms with Gasteiger partial charge in [-0.1, -0.05) is 25.1 Å². The van der Waals surface area contributed by atoms with Crippen molar-refractivity contribution in [1.82, 2.24) is 15.2 Å². The van der Waals surface area contributed by atoms with Crippen LogP contribution in [0, 0.1) is 6.92 Å². The Balaban J connectivity index is 2.00. The molecule has 6 heteroatoms. The molecular weight excluding hydrogens is 346 g/mol. The predicted octanol–water partition coefficient (Wildman–Crippen LogP) is 4.75. The fourth-order valence-electron chi connectivity index (χ4n) is 2.50. The van der Waals surface area contributed by atoms with Crippen LogP contribution in [0.25, 0.3) is 0 Å². The molecule has 0 aliphatic heterocycles.